The van der Waals surface area contributed by atoms with Crippen molar-refractivity contribution in [1.82, 2.24) is 15.6 Å². The van der Waals surface area contributed by atoms with Crippen molar-refractivity contribution in [2.45, 2.75) is 82.5 Å². The molecule has 43 heavy (non-hydrogen) atoms. The van der Waals surface area contributed by atoms with Gasteiger partial charge in [-0.05, 0) is 74.2 Å². The average Bonchev–Trinajstić information content (AvgIpc) is 3.34. The monoisotopic (exact) mass is 623 g/mol. The summed E-state index contributed by atoms with van der Waals surface area (Å²) in [7, 11) is 0. The summed E-state index contributed by atoms with van der Waals surface area (Å²) in [6, 6.07) is 9.45. The molecular formula is C31H34F5N3O3S. The number of carbonyl (C=O) groups excluding carboxylic acids is 1. The quantitative estimate of drug-likeness (QED) is 0.212. The van der Waals surface area contributed by atoms with Crippen LogP contribution in [0.15, 0.2) is 36.4 Å². The molecule has 5 rings (SSSR count). The van der Waals surface area contributed by atoms with Crippen LogP contribution in [0.3, 0.4) is 0 Å². The van der Waals surface area contributed by atoms with Gasteiger partial charge < -0.3 is 15.7 Å². The molecule has 2 aromatic carbocycles. The summed E-state index contributed by atoms with van der Waals surface area (Å²) in [5.41, 5.74) is 2.34. The Morgan fingerprint density at radius 2 is 1.77 bits per heavy atom. The molecule has 3 aromatic rings. The van der Waals surface area contributed by atoms with Gasteiger partial charge in [-0.25, -0.2) is 13.8 Å². The Kier molecular flexibility index (Phi) is 9.08. The highest BCUT2D eigenvalue weighted by atomic mass is 32.1. The van der Waals surface area contributed by atoms with Crippen LogP contribution >= 0.6 is 11.3 Å². The van der Waals surface area contributed by atoms with E-state index in [0.29, 0.717) is 44.2 Å². The van der Waals surface area contributed by atoms with Gasteiger partial charge in [0, 0.05) is 24.4 Å². The maximum absolute atomic E-state index is 13.8. The lowest BCUT2D eigenvalue weighted by Crippen LogP contribution is -2.46. The van der Waals surface area contributed by atoms with E-state index in [1.165, 1.54) is 11.3 Å². The van der Waals surface area contributed by atoms with Gasteiger partial charge in [-0.2, -0.15) is 13.2 Å². The van der Waals surface area contributed by atoms with Gasteiger partial charge in [0.2, 0.25) is 5.92 Å². The Balaban J connectivity index is 1.43. The highest BCUT2D eigenvalue weighted by molar-refractivity contribution is 7.17. The van der Waals surface area contributed by atoms with E-state index in [2.05, 4.69) is 15.6 Å². The van der Waals surface area contributed by atoms with Crippen LogP contribution in [0.5, 0.6) is 0 Å². The zero-order chi connectivity index (χ0) is 30.9. The van der Waals surface area contributed by atoms with E-state index in [4.69, 9.17) is 5.11 Å². The second-order valence-corrected chi connectivity index (χ2v) is 12.8. The van der Waals surface area contributed by atoms with E-state index in [0.717, 1.165) is 33.7 Å². The molecule has 0 unspecified atom stereocenters. The lowest BCUT2D eigenvalue weighted by Gasteiger charge is -2.32. The van der Waals surface area contributed by atoms with Gasteiger partial charge in [-0.1, -0.05) is 36.4 Å². The number of alkyl halides is 5. The normalized spacial score (nSPS) is 21.3. The summed E-state index contributed by atoms with van der Waals surface area (Å²) in [6.45, 7) is 1.22. The number of rotatable bonds is 10. The highest BCUT2D eigenvalue weighted by Crippen LogP contribution is 2.42. The summed E-state index contributed by atoms with van der Waals surface area (Å²) >= 11 is 1.21. The zero-order valence-corrected chi connectivity index (χ0v) is 24.5. The number of carboxylic acids is 1. The summed E-state index contributed by atoms with van der Waals surface area (Å²) < 4.78 is 66.6. The van der Waals surface area contributed by atoms with E-state index in [-0.39, 0.29) is 36.4 Å². The number of thiazole rings is 1. The summed E-state index contributed by atoms with van der Waals surface area (Å²) in [5.74, 6) is -4.43. The van der Waals surface area contributed by atoms with Crippen molar-refractivity contribution in [3.8, 4) is 10.4 Å². The molecule has 1 atom stereocenters. The summed E-state index contributed by atoms with van der Waals surface area (Å²) in [5, 5.41) is 16.5. The fraction of sp³-hybridized carbons (Fsp3) is 0.516. The van der Waals surface area contributed by atoms with Gasteiger partial charge in [0.1, 0.15) is 6.04 Å². The molecule has 0 radical (unpaired) electrons. The number of benzene rings is 2. The number of fused-ring (bicyclic) bond motifs is 1. The molecule has 1 amide bonds. The molecule has 12 heteroatoms. The molecule has 0 bridgehead atoms. The van der Waals surface area contributed by atoms with Crippen LogP contribution in [0.4, 0.5) is 22.0 Å². The SMILES string of the molecule is C[C@H](NCCc1ccc(-c2sc(C(=O)NC3CC(C(=O)O)C3)nc2CC2CCC(F)(F)CC2)c2ccccc12)C(F)(F)F. The topological polar surface area (TPSA) is 91.3 Å². The lowest BCUT2D eigenvalue weighted by molar-refractivity contribution is -0.151. The Morgan fingerprint density at radius 3 is 2.42 bits per heavy atom. The number of carbonyl (C=O) groups is 2. The number of halogens is 5. The van der Waals surface area contributed by atoms with Crippen molar-refractivity contribution < 1.29 is 36.6 Å². The van der Waals surface area contributed by atoms with Gasteiger partial charge in [0.05, 0.1) is 16.5 Å². The van der Waals surface area contributed by atoms with Crippen molar-refractivity contribution in [3.63, 3.8) is 0 Å². The minimum Gasteiger partial charge on any atom is -0.481 e. The number of aromatic nitrogens is 1. The summed E-state index contributed by atoms with van der Waals surface area (Å²) in [6.07, 6.45) is -2.47. The molecule has 2 aliphatic rings. The second kappa shape index (κ2) is 12.5. The molecule has 6 nitrogen and oxygen atoms in total. The van der Waals surface area contributed by atoms with Crippen LogP contribution < -0.4 is 10.6 Å². The van der Waals surface area contributed by atoms with Crippen LogP contribution in [0.1, 0.15) is 66.5 Å². The van der Waals surface area contributed by atoms with Crippen molar-refractivity contribution in [3.05, 3.63) is 52.7 Å². The number of hydrogen-bond donors (Lipinski definition) is 3. The highest BCUT2D eigenvalue weighted by Gasteiger charge is 2.38. The fourth-order valence-electron chi connectivity index (χ4n) is 5.88. The van der Waals surface area contributed by atoms with Gasteiger partial charge in [0.15, 0.2) is 5.01 Å². The van der Waals surface area contributed by atoms with Crippen molar-refractivity contribution in [1.29, 1.82) is 0 Å². The summed E-state index contributed by atoms with van der Waals surface area (Å²) in [4.78, 5) is 29.8. The molecule has 0 saturated heterocycles. The Hall–Kier alpha value is -3.12. The Morgan fingerprint density at radius 1 is 1.09 bits per heavy atom. The maximum atomic E-state index is 13.8. The number of amides is 1. The number of hydrogen-bond acceptors (Lipinski definition) is 5. The molecule has 1 aromatic heterocycles. The third kappa shape index (κ3) is 7.34. The van der Waals surface area contributed by atoms with E-state index < -0.39 is 35.9 Å². The molecule has 0 aliphatic heterocycles. The predicted octanol–water partition coefficient (Wildman–Crippen LogP) is 7.01. The second-order valence-electron chi connectivity index (χ2n) is 11.8. The molecule has 2 fully saturated rings. The molecule has 0 spiro atoms. The third-order valence-corrected chi connectivity index (χ3v) is 9.76. The van der Waals surface area contributed by atoms with E-state index in [1.54, 1.807) is 0 Å². The van der Waals surface area contributed by atoms with E-state index in [1.807, 2.05) is 36.4 Å². The first-order valence-corrected chi connectivity index (χ1v) is 15.3. The maximum Gasteiger partial charge on any atom is 0.403 e. The fourth-order valence-corrected chi connectivity index (χ4v) is 6.91. The van der Waals surface area contributed by atoms with Crippen molar-refractivity contribution in [2.24, 2.45) is 11.8 Å². The Bertz CT molecular complexity index is 1480. The van der Waals surface area contributed by atoms with Crippen molar-refractivity contribution >= 4 is 34.0 Å². The number of nitrogens with one attached hydrogen (secondary N) is 2. The van der Waals surface area contributed by atoms with Gasteiger partial charge in [-0.3, -0.25) is 9.59 Å². The van der Waals surface area contributed by atoms with Gasteiger partial charge >= 0.3 is 12.1 Å². The zero-order valence-electron chi connectivity index (χ0n) is 23.6. The van der Waals surface area contributed by atoms with Crippen molar-refractivity contribution in [2.75, 3.05) is 6.54 Å². The lowest BCUT2D eigenvalue weighted by atomic mass is 9.80. The van der Waals surface area contributed by atoms with Crippen LogP contribution in [-0.2, 0) is 17.6 Å². The first-order chi connectivity index (χ1) is 20.3. The van der Waals surface area contributed by atoms with E-state index >= 15 is 0 Å². The van der Waals surface area contributed by atoms with Gasteiger partial charge in [0.25, 0.3) is 5.91 Å². The average molecular weight is 624 g/mol. The standard InChI is InChI=1S/C31H34F5N3O3S/c1-17(31(34,35)36)37-13-10-19-6-7-24(23-5-3-2-4-22(19)23)26-25(14-18-8-11-30(32,33)12-9-18)39-28(43-26)27(40)38-21-15-20(16-21)29(41)42/h2-7,17-18,20-21,37H,8-16H2,1H3,(H,38,40)(H,41,42)/t17-,20?,21?/m0/s1. The smallest absolute Gasteiger partial charge is 0.403 e. The third-order valence-electron chi connectivity index (χ3n) is 8.63. The number of nitrogens with zero attached hydrogens (tertiary/aromatic N) is 1. The minimum absolute atomic E-state index is 0.00780. The van der Waals surface area contributed by atoms with Crippen LogP contribution in [0, 0.1) is 11.8 Å². The van der Waals surface area contributed by atoms with Gasteiger partial charge in [-0.15, -0.1) is 11.3 Å². The van der Waals surface area contributed by atoms with E-state index in [9.17, 15) is 31.5 Å². The first-order valence-electron chi connectivity index (χ1n) is 14.5. The molecule has 3 N–H and O–H groups in total. The van der Waals surface area contributed by atoms with Crippen LogP contribution in [0.25, 0.3) is 21.2 Å². The number of carboxylic acid groups (broad SMARTS) is 1. The molecular weight excluding hydrogens is 589 g/mol. The molecule has 2 aliphatic carbocycles. The van der Waals surface area contributed by atoms with Crippen LogP contribution in [-0.4, -0.2) is 52.7 Å². The van der Waals surface area contributed by atoms with Crippen LogP contribution in [0.2, 0.25) is 0 Å². The largest absolute Gasteiger partial charge is 0.481 e. The molecule has 1 heterocycles. The molecule has 2 saturated carbocycles. The number of aliphatic carboxylic acids is 1. The minimum atomic E-state index is -4.33. The molecule has 232 valence electrons. The first kappa shape index (κ1) is 31.3. The Labute approximate surface area is 250 Å². The predicted molar refractivity (Wildman–Crippen MR) is 155 cm³/mol.